The predicted octanol–water partition coefficient (Wildman–Crippen LogP) is 0.433. The number of nitrogens with one attached hydrogen (secondary N) is 2. The van der Waals surface area contributed by atoms with Gasteiger partial charge in [0, 0.05) is 5.75 Å². The van der Waals surface area contributed by atoms with Gasteiger partial charge in [0.25, 0.3) is 0 Å². The van der Waals surface area contributed by atoms with E-state index in [9.17, 15) is 9.59 Å². The van der Waals surface area contributed by atoms with Gasteiger partial charge in [-0.05, 0) is 6.42 Å². The number of nitrogens with two attached hydrogens (primary N) is 1. The van der Waals surface area contributed by atoms with Gasteiger partial charge in [-0.1, -0.05) is 31.5 Å². The first-order valence-corrected chi connectivity index (χ1v) is 6.66. The first-order valence-electron chi connectivity index (χ1n) is 5.67. The van der Waals surface area contributed by atoms with Gasteiger partial charge in [0.1, 0.15) is 6.04 Å². The number of thioether (sulfide) groups is 1. The number of primary amides is 1. The standard InChI is InChI=1S/C10H18N4O2S/c1-2-3-4-7(13-9(11)16)8(15)14-10-12-5-6-17-10/h7H,2-6H2,1H3,(H3,11,13,16)(H,12,14,15). The summed E-state index contributed by atoms with van der Waals surface area (Å²) in [6.45, 7) is 2.75. The molecule has 0 aromatic heterocycles. The lowest BCUT2D eigenvalue weighted by Crippen LogP contribution is -2.49. The van der Waals surface area contributed by atoms with Gasteiger partial charge in [-0.25, -0.2) is 4.79 Å². The van der Waals surface area contributed by atoms with E-state index in [1.165, 1.54) is 11.8 Å². The summed E-state index contributed by atoms with van der Waals surface area (Å²) in [5, 5.41) is 5.78. The van der Waals surface area contributed by atoms with Crippen LogP contribution in [-0.2, 0) is 4.79 Å². The van der Waals surface area contributed by atoms with E-state index in [2.05, 4.69) is 15.6 Å². The maximum atomic E-state index is 11.9. The molecule has 0 aromatic carbocycles. The molecule has 0 fully saturated rings. The molecule has 6 nitrogen and oxygen atoms in total. The first-order chi connectivity index (χ1) is 8.13. The van der Waals surface area contributed by atoms with E-state index in [0.717, 1.165) is 25.1 Å². The number of hydrogen-bond donors (Lipinski definition) is 3. The maximum absolute atomic E-state index is 11.9. The van der Waals surface area contributed by atoms with Crippen molar-refractivity contribution in [3.05, 3.63) is 0 Å². The van der Waals surface area contributed by atoms with Crippen LogP contribution in [0.5, 0.6) is 0 Å². The molecule has 1 atom stereocenters. The van der Waals surface area contributed by atoms with Gasteiger partial charge in [-0.3, -0.25) is 9.79 Å². The average Bonchev–Trinajstić information content (AvgIpc) is 2.76. The number of amides is 3. The van der Waals surface area contributed by atoms with Crippen molar-refractivity contribution in [2.45, 2.75) is 32.2 Å². The summed E-state index contributed by atoms with van der Waals surface area (Å²) in [6.07, 6.45) is 2.40. The highest BCUT2D eigenvalue weighted by atomic mass is 32.2. The van der Waals surface area contributed by atoms with Gasteiger partial charge in [0.2, 0.25) is 5.91 Å². The number of carbonyl (C=O) groups excluding carboxylic acids is 2. The SMILES string of the molecule is CCCCC(NC(N)=O)C(=O)NC1=NCCS1. The molecule has 0 bridgehead atoms. The van der Waals surface area contributed by atoms with Crippen LogP contribution >= 0.6 is 11.8 Å². The number of rotatable bonds is 5. The highest BCUT2D eigenvalue weighted by Gasteiger charge is 2.21. The molecule has 3 amide bonds. The third-order valence-electron chi connectivity index (χ3n) is 2.29. The predicted molar refractivity (Wildman–Crippen MR) is 68.9 cm³/mol. The Kier molecular flexibility index (Phi) is 5.82. The Morgan fingerprint density at radius 1 is 1.59 bits per heavy atom. The number of hydrogen-bond acceptors (Lipinski definition) is 4. The lowest BCUT2D eigenvalue weighted by Gasteiger charge is -2.16. The van der Waals surface area contributed by atoms with Crippen LogP contribution in [0.2, 0.25) is 0 Å². The molecule has 1 unspecified atom stereocenters. The van der Waals surface area contributed by atoms with Crippen molar-refractivity contribution in [2.24, 2.45) is 10.7 Å². The van der Waals surface area contributed by atoms with Crippen LogP contribution in [-0.4, -0.2) is 35.4 Å². The zero-order valence-electron chi connectivity index (χ0n) is 9.86. The van der Waals surface area contributed by atoms with Crippen LogP contribution in [0.3, 0.4) is 0 Å². The van der Waals surface area contributed by atoms with Crippen LogP contribution in [0.15, 0.2) is 4.99 Å². The quantitative estimate of drug-likeness (QED) is 0.667. The first kappa shape index (κ1) is 13.8. The van der Waals surface area contributed by atoms with Gasteiger partial charge in [0.05, 0.1) is 6.54 Å². The smallest absolute Gasteiger partial charge is 0.312 e. The Morgan fingerprint density at radius 3 is 2.88 bits per heavy atom. The Morgan fingerprint density at radius 2 is 2.35 bits per heavy atom. The summed E-state index contributed by atoms with van der Waals surface area (Å²) in [4.78, 5) is 26.8. The van der Waals surface area contributed by atoms with Gasteiger partial charge in [-0.15, -0.1) is 0 Å². The van der Waals surface area contributed by atoms with Gasteiger partial charge in [-0.2, -0.15) is 0 Å². The van der Waals surface area contributed by atoms with Crippen molar-refractivity contribution in [1.82, 2.24) is 10.6 Å². The van der Waals surface area contributed by atoms with Crippen LogP contribution < -0.4 is 16.4 Å². The topological polar surface area (TPSA) is 96.6 Å². The van der Waals surface area contributed by atoms with Crippen molar-refractivity contribution in [3.8, 4) is 0 Å². The minimum atomic E-state index is -0.678. The molecule has 4 N–H and O–H groups in total. The monoisotopic (exact) mass is 258 g/mol. The lowest BCUT2D eigenvalue weighted by atomic mass is 10.1. The van der Waals surface area contributed by atoms with Crippen molar-refractivity contribution >= 4 is 28.9 Å². The summed E-state index contributed by atoms with van der Waals surface area (Å²) in [5.74, 6) is 0.642. The number of aliphatic imine (C=N–C) groups is 1. The molecule has 0 spiro atoms. The molecule has 1 rings (SSSR count). The van der Waals surface area contributed by atoms with Gasteiger partial charge in [0.15, 0.2) is 5.17 Å². The molecular weight excluding hydrogens is 240 g/mol. The van der Waals surface area contributed by atoms with E-state index in [1.54, 1.807) is 0 Å². The van der Waals surface area contributed by atoms with Crippen LogP contribution in [0, 0.1) is 0 Å². The Labute approximate surface area is 105 Å². The molecule has 1 heterocycles. The molecule has 0 saturated heterocycles. The summed E-state index contributed by atoms with van der Waals surface area (Å²) in [7, 11) is 0. The van der Waals surface area contributed by atoms with Crippen molar-refractivity contribution < 1.29 is 9.59 Å². The average molecular weight is 258 g/mol. The molecule has 0 aromatic rings. The molecule has 0 radical (unpaired) electrons. The third kappa shape index (κ3) is 5.08. The number of unbranched alkanes of at least 4 members (excludes halogenated alkanes) is 1. The van der Waals surface area contributed by atoms with Crippen LogP contribution in [0.25, 0.3) is 0 Å². The van der Waals surface area contributed by atoms with E-state index in [1.807, 2.05) is 6.92 Å². The second-order valence-electron chi connectivity index (χ2n) is 3.73. The second kappa shape index (κ2) is 7.16. The van der Waals surface area contributed by atoms with E-state index in [4.69, 9.17) is 5.73 Å². The minimum Gasteiger partial charge on any atom is -0.352 e. The Balaban J connectivity index is 2.48. The fourth-order valence-corrected chi connectivity index (χ4v) is 2.18. The number of amidine groups is 1. The number of urea groups is 1. The maximum Gasteiger partial charge on any atom is 0.312 e. The Hall–Kier alpha value is -1.24. The number of carbonyl (C=O) groups is 2. The molecule has 1 aliphatic heterocycles. The van der Waals surface area contributed by atoms with Crippen LogP contribution in [0.1, 0.15) is 26.2 Å². The zero-order valence-corrected chi connectivity index (χ0v) is 10.7. The normalized spacial score (nSPS) is 16.2. The Bertz CT molecular complexity index is 319. The fraction of sp³-hybridized carbons (Fsp3) is 0.700. The largest absolute Gasteiger partial charge is 0.352 e. The summed E-state index contributed by atoms with van der Waals surface area (Å²) in [6, 6.07) is -1.25. The highest BCUT2D eigenvalue weighted by Crippen LogP contribution is 2.09. The highest BCUT2D eigenvalue weighted by molar-refractivity contribution is 8.14. The van der Waals surface area contributed by atoms with E-state index < -0.39 is 12.1 Å². The summed E-state index contributed by atoms with van der Waals surface area (Å²) >= 11 is 1.50. The molecule has 7 heteroatoms. The fourth-order valence-electron chi connectivity index (χ4n) is 1.45. The van der Waals surface area contributed by atoms with Crippen molar-refractivity contribution in [1.29, 1.82) is 0 Å². The minimum absolute atomic E-state index is 0.245. The lowest BCUT2D eigenvalue weighted by molar-refractivity contribution is -0.121. The summed E-state index contributed by atoms with van der Waals surface area (Å²) in [5.41, 5.74) is 5.05. The molecule has 0 saturated carbocycles. The van der Waals surface area contributed by atoms with Gasteiger partial charge < -0.3 is 16.4 Å². The second-order valence-corrected chi connectivity index (χ2v) is 4.81. The van der Waals surface area contributed by atoms with E-state index in [-0.39, 0.29) is 5.91 Å². The van der Waals surface area contributed by atoms with Gasteiger partial charge >= 0.3 is 6.03 Å². The van der Waals surface area contributed by atoms with Crippen molar-refractivity contribution in [3.63, 3.8) is 0 Å². The summed E-state index contributed by atoms with van der Waals surface area (Å²) < 4.78 is 0. The van der Waals surface area contributed by atoms with Crippen molar-refractivity contribution in [2.75, 3.05) is 12.3 Å². The third-order valence-corrected chi connectivity index (χ3v) is 3.19. The van der Waals surface area contributed by atoms with E-state index >= 15 is 0 Å². The molecule has 1 aliphatic rings. The zero-order chi connectivity index (χ0) is 12.7. The molecule has 17 heavy (non-hydrogen) atoms. The molecule has 96 valence electrons. The van der Waals surface area contributed by atoms with E-state index in [0.29, 0.717) is 11.6 Å². The molecule has 0 aliphatic carbocycles. The number of nitrogens with zero attached hydrogens (tertiary/aromatic N) is 1. The van der Waals surface area contributed by atoms with Crippen LogP contribution in [0.4, 0.5) is 4.79 Å². The molecular formula is C10H18N4O2S.